The molecule has 2 N–H and O–H groups in total. The van der Waals surface area contributed by atoms with Gasteiger partial charge in [-0.3, -0.25) is 5.32 Å². The van der Waals surface area contributed by atoms with E-state index in [0.29, 0.717) is 11.3 Å². The Morgan fingerprint density at radius 2 is 1.90 bits per heavy atom. The summed E-state index contributed by atoms with van der Waals surface area (Å²) < 4.78 is 5.86. The van der Waals surface area contributed by atoms with Gasteiger partial charge in [0, 0.05) is 10.0 Å². The van der Waals surface area contributed by atoms with Gasteiger partial charge in [-0.15, -0.1) is 0 Å². The Morgan fingerprint density at radius 1 is 1.15 bits per heavy atom. The van der Waals surface area contributed by atoms with Gasteiger partial charge in [0.1, 0.15) is 6.61 Å². The van der Waals surface area contributed by atoms with Crippen molar-refractivity contribution in [2.45, 2.75) is 13.2 Å². The van der Waals surface area contributed by atoms with E-state index >= 15 is 0 Å². The number of nitrogens with one attached hydrogen (secondary N) is 1. The third kappa shape index (κ3) is 3.82. The number of halogens is 1. The summed E-state index contributed by atoms with van der Waals surface area (Å²) >= 11 is 3.32. The molecule has 0 heterocycles. The van der Waals surface area contributed by atoms with E-state index in [2.05, 4.69) is 21.2 Å². The topological polar surface area (TPSA) is 58.6 Å². The minimum Gasteiger partial charge on any atom is -0.444 e. The van der Waals surface area contributed by atoms with E-state index in [1.165, 1.54) is 0 Å². The van der Waals surface area contributed by atoms with Crippen LogP contribution < -0.4 is 5.32 Å². The highest BCUT2D eigenvalue weighted by Gasteiger charge is 2.09. The van der Waals surface area contributed by atoms with Crippen molar-refractivity contribution in [3.05, 3.63) is 64.1 Å². The number of benzene rings is 2. The highest BCUT2D eigenvalue weighted by Crippen LogP contribution is 2.24. The molecule has 2 aromatic carbocycles. The Balaban J connectivity index is 1.97. The number of hydrogen-bond donors (Lipinski definition) is 2. The van der Waals surface area contributed by atoms with Crippen molar-refractivity contribution >= 4 is 27.7 Å². The molecule has 0 aromatic heterocycles. The molecule has 1 amide bonds. The summed E-state index contributed by atoms with van der Waals surface area (Å²) in [5, 5.41) is 11.9. The molecule has 4 nitrogen and oxygen atoms in total. The lowest BCUT2D eigenvalue weighted by molar-refractivity contribution is 0.155. The first-order valence-electron chi connectivity index (χ1n) is 6.06. The van der Waals surface area contributed by atoms with Gasteiger partial charge in [-0.1, -0.05) is 52.3 Å². The molecule has 0 saturated carbocycles. The van der Waals surface area contributed by atoms with E-state index in [-0.39, 0.29) is 13.2 Å². The summed E-state index contributed by atoms with van der Waals surface area (Å²) in [5.74, 6) is 0. The van der Waals surface area contributed by atoms with Gasteiger partial charge < -0.3 is 9.84 Å². The van der Waals surface area contributed by atoms with E-state index < -0.39 is 6.09 Å². The molecule has 0 spiro atoms. The molecule has 104 valence electrons. The predicted octanol–water partition coefficient (Wildman–Crippen LogP) is 3.69. The Morgan fingerprint density at radius 3 is 2.60 bits per heavy atom. The van der Waals surface area contributed by atoms with E-state index in [4.69, 9.17) is 4.74 Å². The first-order valence-corrected chi connectivity index (χ1v) is 6.86. The molecule has 2 aromatic rings. The second-order valence-electron chi connectivity index (χ2n) is 4.11. The van der Waals surface area contributed by atoms with Crippen molar-refractivity contribution in [1.82, 2.24) is 0 Å². The van der Waals surface area contributed by atoms with Gasteiger partial charge in [0.2, 0.25) is 0 Å². The van der Waals surface area contributed by atoms with Crippen LogP contribution in [0.25, 0.3) is 0 Å². The fraction of sp³-hybridized carbons (Fsp3) is 0.133. The number of anilines is 1. The molecule has 0 fully saturated rings. The summed E-state index contributed by atoms with van der Waals surface area (Å²) in [7, 11) is 0. The maximum atomic E-state index is 11.7. The second-order valence-corrected chi connectivity index (χ2v) is 4.97. The van der Waals surface area contributed by atoms with Crippen LogP contribution >= 0.6 is 15.9 Å². The maximum Gasteiger partial charge on any atom is 0.411 e. The molecular formula is C15H14BrNO3. The van der Waals surface area contributed by atoms with Gasteiger partial charge in [-0.2, -0.15) is 0 Å². The highest BCUT2D eigenvalue weighted by molar-refractivity contribution is 9.10. The number of ether oxygens (including phenoxy) is 1. The van der Waals surface area contributed by atoms with Crippen LogP contribution in [0.5, 0.6) is 0 Å². The van der Waals surface area contributed by atoms with Crippen LogP contribution in [0.1, 0.15) is 11.1 Å². The summed E-state index contributed by atoms with van der Waals surface area (Å²) in [6.07, 6.45) is -0.554. The zero-order chi connectivity index (χ0) is 14.4. The molecule has 0 saturated heterocycles. The molecule has 20 heavy (non-hydrogen) atoms. The summed E-state index contributed by atoms with van der Waals surface area (Å²) in [5.41, 5.74) is 2.06. The molecule has 0 aliphatic rings. The van der Waals surface area contributed by atoms with E-state index in [9.17, 15) is 9.90 Å². The van der Waals surface area contributed by atoms with Crippen molar-refractivity contribution in [1.29, 1.82) is 0 Å². The first-order chi connectivity index (χ1) is 9.70. The molecule has 0 aliphatic carbocycles. The van der Waals surface area contributed by atoms with Crippen LogP contribution in [0, 0.1) is 0 Å². The lowest BCUT2D eigenvalue weighted by Crippen LogP contribution is -2.15. The smallest absolute Gasteiger partial charge is 0.411 e. The minimum absolute atomic E-state index is 0.171. The van der Waals surface area contributed by atoms with Crippen molar-refractivity contribution in [2.24, 2.45) is 0 Å². The van der Waals surface area contributed by atoms with Crippen molar-refractivity contribution in [3.8, 4) is 0 Å². The van der Waals surface area contributed by atoms with Gasteiger partial charge in [-0.25, -0.2) is 4.79 Å². The Hall–Kier alpha value is -1.85. The number of amides is 1. The van der Waals surface area contributed by atoms with Crippen LogP contribution in [0.4, 0.5) is 10.5 Å². The van der Waals surface area contributed by atoms with E-state index in [0.717, 1.165) is 10.0 Å². The zero-order valence-corrected chi connectivity index (χ0v) is 12.3. The van der Waals surface area contributed by atoms with Crippen LogP contribution in [0.15, 0.2) is 53.0 Å². The van der Waals surface area contributed by atoms with E-state index in [1.54, 1.807) is 18.2 Å². The quantitative estimate of drug-likeness (QED) is 0.895. The molecule has 2 rings (SSSR count). The standard InChI is InChI=1S/C15H14BrNO3/c16-13-7-4-8-14(12(13)9-18)17-15(19)20-10-11-5-2-1-3-6-11/h1-8,18H,9-10H2,(H,17,19). The average molecular weight is 336 g/mol. The summed E-state index contributed by atoms with van der Waals surface area (Å²) in [4.78, 5) is 11.7. The first kappa shape index (κ1) is 14.6. The summed E-state index contributed by atoms with van der Waals surface area (Å²) in [6, 6.07) is 14.7. The normalized spacial score (nSPS) is 10.1. The molecule has 0 atom stereocenters. The Kier molecular flexibility index (Phi) is 5.15. The number of rotatable bonds is 4. The van der Waals surface area contributed by atoms with Crippen LogP contribution in [0.2, 0.25) is 0 Å². The third-order valence-corrected chi connectivity index (χ3v) is 3.47. The largest absolute Gasteiger partial charge is 0.444 e. The lowest BCUT2D eigenvalue weighted by atomic mass is 10.2. The fourth-order valence-corrected chi connectivity index (χ4v) is 2.20. The number of aliphatic hydroxyl groups excluding tert-OH is 1. The summed E-state index contributed by atoms with van der Waals surface area (Å²) in [6.45, 7) is 0.0326. The average Bonchev–Trinajstić information content (AvgIpc) is 2.46. The third-order valence-electron chi connectivity index (χ3n) is 2.73. The fourth-order valence-electron chi connectivity index (χ4n) is 1.71. The number of aliphatic hydroxyl groups is 1. The van der Waals surface area contributed by atoms with Gasteiger partial charge in [0.15, 0.2) is 0 Å². The number of carbonyl (C=O) groups excluding carboxylic acids is 1. The Labute approximate surface area is 125 Å². The van der Waals surface area contributed by atoms with Gasteiger partial charge in [-0.05, 0) is 17.7 Å². The van der Waals surface area contributed by atoms with Crippen LogP contribution in [-0.4, -0.2) is 11.2 Å². The monoisotopic (exact) mass is 335 g/mol. The van der Waals surface area contributed by atoms with Crippen molar-refractivity contribution < 1.29 is 14.6 Å². The molecule has 0 bridgehead atoms. The zero-order valence-electron chi connectivity index (χ0n) is 10.7. The minimum atomic E-state index is -0.554. The predicted molar refractivity (Wildman–Crippen MR) is 80.3 cm³/mol. The van der Waals surface area contributed by atoms with E-state index in [1.807, 2.05) is 30.3 Å². The molecule has 0 unspecified atom stereocenters. The number of carbonyl (C=O) groups is 1. The molecule has 0 radical (unpaired) electrons. The molecular weight excluding hydrogens is 322 g/mol. The van der Waals surface area contributed by atoms with Gasteiger partial charge in [0.25, 0.3) is 0 Å². The number of hydrogen-bond acceptors (Lipinski definition) is 3. The van der Waals surface area contributed by atoms with Crippen molar-refractivity contribution in [2.75, 3.05) is 5.32 Å². The second kappa shape index (κ2) is 7.07. The van der Waals surface area contributed by atoms with Crippen molar-refractivity contribution in [3.63, 3.8) is 0 Å². The molecule has 5 heteroatoms. The van der Waals surface area contributed by atoms with Crippen LogP contribution in [-0.2, 0) is 18.0 Å². The Bertz CT molecular complexity index is 587. The van der Waals surface area contributed by atoms with Gasteiger partial charge in [0.05, 0.1) is 12.3 Å². The molecule has 0 aliphatic heterocycles. The lowest BCUT2D eigenvalue weighted by Gasteiger charge is -2.11. The maximum absolute atomic E-state index is 11.7. The van der Waals surface area contributed by atoms with Crippen LogP contribution in [0.3, 0.4) is 0 Å². The van der Waals surface area contributed by atoms with Gasteiger partial charge >= 0.3 is 6.09 Å². The SMILES string of the molecule is O=C(Nc1cccc(Br)c1CO)OCc1ccccc1. The highest BCUT2D eigenvalue weighted by atomic mass is 79.9.